The number of nitrogens with one attached hydrogen (secondary N) is 1. The lowest BCUT2D eigenvalue weighted by molar-refractivity contribution is -0.132. The van der Waals surface area contributed by atoms with Crippen molar-refractivity contribution in [2.45, 2.75) is 32.1 Å². The van der Waals surface area contributed by atoms with Gasteiger partial charge in [0.1, 0.15) is 5.75 Å². The number of hydrogen-bond donors (Lipinski definition) is 1. The van der Waals surface area contributed by atoms with Gasteiger partial charge in [-0.05, 0) is 56.2 Å². The van der Waals surface area contributed by atoms with Crippen molar-refractivity contribution in [3.63, 3.8) is 0 Å². The van der Waals surface area contributed by atoms with Crippen molar-refractivity contribution in [2.75, 3.05) is 24.4 Å². The van der Waals surface area contributed by atoms with Crippen LogP contribution in [0.4, 0.5) is 5.69 Å². The van der Waals surface area contributed by atoms with Gasteiger partial charge < -0.3 is 9.64 Å². The molecule has 152 valence electrons. The van der Waals surface area contributed by atoms with Crippen LogP contribution >= 0.6 is 11.6 Å². The Morgan fingerprint density at radius 2 is 1.71 bits per heavy atom. The Hall–Kier alpha value is -2.25. The maximum atomic E-state index is 12.5. The molecular formula is C20H25ClN2O4S. The summed E-state index contributed by atoms with van der Waals surface area (Å²) in [6.45, 7) is 6.87. The standard InChI is InChI=1S/C20H25ClN2O4S/c1-4-15-7-10-17(11-8-15)28(25,26)22-16-9-12-19(18(21)13-16)27-14-20(24)23(5-2)6-3/h7-13,22H,4-6,14H2,1-3H3. The van der Waals surface area contributed by atoms with Crippen LogP contribution in [0.25, 0.3) is 0 Å². The van der Waals surface area contributed by atoms with Crippen molar-refractivity contribution in [1.82, 2.24) is 4.90 Å². The first-order valence-electron chi connectivity index (χ1n) is 9.12. The molecule has 0 aliphatic heterocycles. The minimum atomic E-state index is -3.72. The summed E-state index contributed by atoms with van der Waals surface area (Å²) in [5, 5.41) is 0.217. The van der Waals surface area contributed by atoms with E-state index in [1.165, 1.54) is 12.1 Å². The molecule has 0 saturated carbocycles. The molecule has 0 aromatic heterocycles. The number of ether oxygens (including phenoxy) is 1. The number of halogens is 1. The summed E-state index contributed by atoms with van der Waals surface area (Å²) in [5.41, 5.74) is 1.37. The Kier molecular flexibility index (Phi) is 7.71. The molecular weight excluding hydrogens is 400 g/mol. The predicted octanol–water partition coefficient (Wildman–Crippen LogP) is 3.95. The monoisotopic (exact) mass is 424 g/mol. The number of anilines is 1. The predicted molar refractivity (Wildman–Crippen MR) is 112 cm³/mol. The average Bonchev–Trinajstić information content (AvgIpc) is 2.68. The summed E-state index contributed by atoms with van der Waals surface area (Å²) in [4.78, 5) is 13.8. The zero-order chi connectivity index (χ0) is 20.7. The normalized spacial score (nSPS) is 11.1. The molecule has 2 aromatic carbocycles. The second-order valence-corrected chi connectivity index (χ2v) is 8.19. The first-order chi connectivity index (χ1) is 13.3. The molecule has 1 N–H and O–H groups in total. The molecule has 2 rings (SSSR count). The minimum Gasteiger partial charge on any atom is -0.482 e. The van der Waals surface area contributed by atoms with Crippen molar-refractivity contribution in [3.05, 3.63) is 53.1 Å². The fraction of sp³-hybridized carbons (Fsp3) is 0.350. The summed E-state index contributed by atoms with van der Waals surface area (Å²) in [5.74, 6) is 0.179. The van der Waals surface area contributed by atoms with E-state index in [2.05, 4.69) is 4.72 Å². The number of amides is 1. The summed E-state index contributed by atoms with van der Waals surface area (Å²) < 4.78 is 33.0. The molecule has 0 aliphatic rings. The van der Waals surface area contributed by atoms with E-state index in [9.17, 15) is 13.2 Å². The fourth-order valence-corrected chi connectivity index (χ4v) is 3.89. The maximum Gasteiger partial charge on any atom is 0.261 e. The van der Waals surface area contributed by atoms with E-state index < -0.39 is 10.0 Å². The summed E-state index contributed by atoms with van der Waals surface area (Å²) in [6, 6.07) is 11.2. The number of nitrogens with zero attached hydrogens (tertiary/aromatic N) is 1. The topological polar surface area (TPSA) is 75.7 Å². The quantitative estimate of drug-likeness (QED) is 0.661. The molecule has 1 amide bonds. The average molecular weight is 425 g/mol. The van der Waals surface area contributed by atoms with E-state index >= 15 is 0 Å². The number of likely N-dealkylation sites (N-methyl/N-ethyl adjacent to an activating group) is 1. The van der Waals surface area contributed by atoms with Crippen molar-refractivity contribution >= 4 is 33.2 Å². The molecule has 0 unspecified atom stereocenters. The van der Waals surface area contributed by atoms with Crippen LogP contribution in [0.5, 0.6) is 5.75 Å². The third kappa shape index (κ3) is 5.62. The number of carbonyl (C=O) groups is 1. The van der Waals surface area contributed by atoms with Crippen LogP contribution in [0, 0.1) is 0 Å². The van der Waals surface area contributed by atoms with E-state index in [1.54, 1.807) is 35.2 Å². The third-order valence-electron chi connectivity index (χ3n) is 4.29. The largest absolute Gasteiger partial charge is 0.482 e. The van der Waals surface area contributed by atoms with E-state index in [4.69, 9.17) is 16.3 Å². The van der Waals surface area contributed by atoms with Crippen molar-refractivity contribution in [2.24, 2.45) is 0 Å². The van der Waals surface area contributed by atoms with Gasteiger partial charge in [-0.2, -0.15) is 0 Å². The van der Waals surface area contributed by atoms with E-state index in [0.29, 0.717) is 24.5 Å². The minimum absolute atomic E-state index is 0.129. The van der Waals surface area contributed by atoms with Crippen molar-refractivity contribution in [1.29, 1.82) is 0 Å². The first-order valence-corrected chi connectivity index (χ1v) is 11.0. The number of aryl methyl sites for hydroxylation is 1. The van der Waals surface area contributed by atoms with E-state index in [1.807, 2.05) is 20.8 Å². The van der Waals surface area contributed by atoms with Gasteiger partial charge >= 0.3 is 0 Å². The third-order valence-corrected chi connectivity index (χ3v) is 5.99. The highest BCUT2D eigenvalue weighted by Crippen LogP contribution is 2.29. The SMILES string of the molecule is CCc1ccc(S(=O)(=O)Nc2ccc(OCC(=O)N(CC)CC)c(Cl)c2)cc1. The van der Waals surface area contributed by atoms with Crippen LogP contribution in [-0.2, 0) is 21.2 Å². The van der Waals surface area contributed by atoms with Crippen LogP contribution in [0.1, 0.15) is 26.3 Å². The Balaban J connectivity index is 2.07. The Morgan fingerprint density at radius 3 is 2.25 bits per heavy atom. The van der Waals surface area contributed by atoms with Gasteiger partial charge in [0, 0.05) is 13.1 Å². The lowest BCUT2D eigenvalue weighted by atomic mass is 10.2. The number of rotatable bonds is 9. The highest BCUT2D eigenvalue weighted by Gasteiger charge is 2.16. The second-order valence-electron chi connectivity index (χ2n) is 6.10. The van der Waals surface area contributed by atoms with Gasteiger partial charge in [0.25, 0.3) is 15.9 Å². The molecule has 0 saturated heterocycles. The zero-order valence-electron chi connectivity index (χ0n) is 16.2. The Morgan fingerprint density at radius 1 is 1.07 bits per heavy atom. The van der Waals surface area contributed by atoms with Gasteiger partial charge in [0.05, 0.1) is 15.6 Å². The fourth-order valence-electron chi connectivity index (χ4n) is 2.61. The first kappa shape index (κ1) is 22.0. The molecule has 28 heavy (non-hydrogen) atoms. The number of carbonyl (C=O) groups excluding carboxylic acids is 1. The lowest BCUT2D eigenvalue weighted by Gasteiger charge is -2.19. The van der Waals surface area contributed by atoms with Crippen LogP contribution in [0.3, 0.4) is 0 Å². The van der Waals surface area contributed by atoms with Crippen molar-refractivity contribution in [3.8, 4) is 5.75 Å². The molecule has 6 nitrogen and oxygen atoms in total. The molecule has 0 radical (unpaired) electrons. The van der Waals surface area contributed by atoms with Gasteiger partial charge in [-0.1, -0.05) is 30.7 Å². The Bertz CT molecular complexity index is 910. The molecule has 2 aromatic rings. The summed E-state index contributed by atoms with van der Waals surface area (Å²) in [7, 11) is -3.72. The molecule has 0 spiro atoms. The smallest absolute Gasteiger partial charge is 0.261 e. The highest BCUT2D eigenvalue weighted by molar-refractivity contribution is 7.92. The maximum absolute atomic E-state index is 12.5. The number of sulfonamides is 1. The summed E-state index contributed by atoms with van der Waals surface area (Å²) >= 11 is 6.19. The van der Waals surface area contributed by atoms with Crippen LogP contribution in [0.2, 0.25) is 5.02 Å². The molecule has 0 fully saturated rings. The van der Waals surface area contributed by atoms with Crippen LogP contribution < -0.4 is 9.46 Å². The van der Waals surface area contributed by atoms with Crippen LogP contribution in [-0.4, -0.2) is 38.9 Å². The molecule has 8 heteroatoms. The van der Waals surface area contributed by atoms with Gasteiger partial charge in [-0.3, -0.25) is 9.52 Å². The molecule has 0 heterocycles. The van der Waals surface area contributed by atoms with E-state index in [-0.39, 0.29) is 22.4 Å². The van der Waals surface area contributed by atoms with Crippen molar-refractivity contribution < 1.29 is 17.9 Å². The molecule has 0 aliphatic carbocycles. The summed E-state index contributed by atoms with van der Waals surface area (Å²) in [6.07, 6.45) is 0.835. The van der Waals surface area contributed by atoms with Gasteiger partial charge in [-0.15, -0.1) is 0 Å². The van der Waals surface area contributed by atoms with E-state index in [0.717, 1.165) is 12.0 Å². The van der Waals surface area contributed by atoms with Gasteiger partial charge in [-0.25, -0.2) is 8.42 Å². The molecule has 0 atom stereocenters. The lowest BCUT2D eigenvalue weighted by Crippen LogP contribution is -2.34. The van der Waals surface area contributed by atoms with Gasteiger partial charge in [0.2, 0.25) is 0 Å². The number of hydrogen-bond acceptors (Lipinski definition) is 4. The van der Waals surface area contributed by atoms with Crippen LogP contribution in [0.15, 0.2) is 47.4 Å². The highest BCUT2D eigenvalue weighted by atomic mass is 35.5. The number of benzene rings is 2. The Labute approximate surface area is 171 Å². The van der Waals surface area contributed by atoms with Gasteiger partial charge in [0.15, 0.2) is 6.61 Å². The zero-order valence-corrected chi connectivity index (χ0v) is 17.8. The second kappa shape index (κ2) is 9.80. The molecule has 0 bridgehead atoms.